The van der Waals surface area contributed by atoms with Crippen molar-refractivity contribution >= 4 is 82.4 Å². The van der Waals surface area contributed by atoms with Crippen LogP contribution < -0.4 is 0 Å². The van der Waals surface area contributed by atoms with E-state index >= 15 is 9.59 Å². The summed E-state index contributed by atoms with van der Waals surface area (Å²) in [5, 5.41) is 8.83. The van der Waals surface area contributed by atoms with Crippen molar-refractivity contribution in [2.75, 3.05) is 0 Å². The lowest BCUT2D eigenvalue weighted by Gasteiger charge is -2.30. The molecule has 0 saturated heterocycles. The van der Waals surface area contributed by atoms with E-state index in [4.69, 9.17) is 4.42 Å². The molecule has 70 heavy (non-hydrogen) atoms. The number of Topliss-reactive ketones (excluding diaryl/α,β-unsaturated/α-hetero) is 2. The van der Waals surface area contributed by atoms with Gasteiger partial charge in [-0.1, -0.05) is 151 Å². The number of carbonyl (C=O) groups excluding carboxylic acids is 2. The Morgan fingerprint density at radius 3 is 1.30 bits per heavy atom. The second-order valence-electron chi connectivity index (χ2n) is 22.9. The summed E-state index contributed by atoms with van der Waals surface area (Å²) in [7, 11) is 0. The van der Waals surface area contributed by atoms with E-state index in [1.54, 1.807) is 0 Å². The highest BCUT2D eigenvalue weighted by Crippen LogP contribution is 2.57. The van der Waals surface area contributed by atoms with E-state index in [1.807, 2.05) is 0 Å². The topological polar surface area (TPSA) is 51.7 Å². The number of aromatic nitrogens is 1. The Labute approximate surface area is 404 Å². The van der Waals surface area contributed by atoms with Gasteiger partial charge < -0.3 is 8.82 Å². The molecule has 0 radical (unpaired) electrons. The molecular formula is C66H47NO3. The Hall–Kier alpha value is -7.82. The maximum atomic E-state index is 15.5. The highest BCUT2D eigenvalue weighted by atomic mass is 16.3. The van der Waals surface area contributed by atoms with Gasteiger partial charge in [0.2, 0.25) is 0 Å². The monoisotopic (exact) mass is 901 g/mol. The van der Waals surface area contributed by atoms with Crippen molar-refractivity contribution in [3.05, 3.63) is 230 Å². The van der Waals surface area contributed by atoms with E-state index in [0.29, 0.717) is 0 Å². The first kappa shape index (κ1) is 39.1. The Kier molecular flexibility index (Phi) is 7.08. The van der Waals surface area contributed by atoms with Gasteiger partial charge in [0.05, 0.1) is 33.8 Å². The van der Waals surface area contributed by atoms with Crippen LogP contribution in [0.25, 0.3) is 70.8 Å². The maximum absolute atomic E-state index is 15.5. The van der Waals surface area contributed by atoms with Crippen molar-refractivity contribution in [1.82, 2.24) is 4.40 Å². The van der Waals surface area contributed by atoms with Crippen molar-refractivity contribution in [3.63, 3.8) is 0 Å². The van der Waals surface area contributed by atoms with Gasteiger partial charge in [-0.3, -0.25) is 9.59 Å². The van der Waals surface area contributed by atoms with E-state index in [0.717, 1.165) is 105 Å². The van der Waals surface area contributed by atoms with Gasteiger partial charge in [0.15, 0.2) is 11.6 Å². The van der Waals surface area contributed by atoms with Crippen molar-refractivity contribution in [2.45, 2.75) is 76.0 Å². The normalized spacial score (nSPS) is 19.1. The van der Waals surface area contributed by atoms with Crippen LogP contribution in [0.5, 0.6) is 0 Å². The predicted molar refractivity (Wildman–Crippen MR) is 283 cm³/mol. The van der Waals surface area contributed by atoms with Crippen LogP contribution >= 0.6 is 0 Å². The van der Waals surface area contributed by atoms with Gasteiger partial charge in [-0.25, -0.2) is 0 Å². The van der Waals surface area contributed by atoms with E-state index in [9.17, 15) is 0 Å². The summed E-state index contributed by atoms with van der Waals surface area (Å²) in [6, 6.07) is 55.2. The minimum Gasteiger partial charge on any atom is -0.455 e. The minimum atomic E-state index is -0.401. The third-order valence-electron chi connectivity index (χ3n) is 17.2. The summed E-state index contributed by atoms with van der Waals surface area (Å²) in [6.07, 6.45) is 0. The average Bonchev–Trinajstić information content (AvgIpc) is 3.71. The highest BCUT2D eigenvalue weighted by molar-refractivity contribution is 6.35. The third kappa shape index (κ3) is 4.68. The van der Waals surface area contributed by atoms with Crippen LogP contribution in [0.3, 0.4) is 0 Å². The first-order valence-corrected chi connectivity index (χ1v) is 25.0. The molecule has 4 bridgehead atoms. The molecule has 0 unspecified atom stereocenters. The van der Waals surface area contributed by atoms with Gasteiger partial charge in [0.1, 0.15) is 11.2 Å². The summed E-state index contributed by atoms with van der Waals surface area (Å²) in [5.41, 5.74) is 19.7. The summed E-state index contributed by atoms with van der Waals surface area (Å²) in [6.45, 7) is 13.7. The van der Waals surface area contributed by atoms with Crippen LogP contribution in [-0.2, 0) is 10.8 Å². The first-order chi connectivity index (χ1) is 33.8. The number of hydrogen-bond acceptors (Lipinski definition) is 3. The fraction of sp³-hybridized carbons (Fsp3) is 0.182. The zero-order valence-corrected chi connectivity index (χ0v) is 39.9. The molecule has 0 amide bonds. The van der Waals surface area contributed by atoms with Gasteiger partial charge in [-0.05, 0) is 131 Å². The van der Waals surface area contributed by atoms with Gasteiger partial charge in [-0.15, -0.1) is 0 Å². The molecule has 0 N–H and O–H groups in total. The van der Waals surface area contributed by atoms with E-state index in [2.05, 4.69) is 198 Å². The van der Waals surface area contributed by atoms with Crippen molar-refractivity contribution < 1.29 is 14.0 Å². The maximum Gasteiger partial charge on any atom is 0.175 e. The van der Waals surface area contributed by atoms with Crippen LogP contribution in [0.4, 0.5) is 0 Å². The molecule has 6 aliphatic carbocycles. The Bertz CT molecular complexity index is 4350. The van der Waals surface area contributed by atoms with Crippen LogP contribution in [-0.4, -0.2) is 16.0 Å². The van der Waals surface area contributed by atoms with Gasteiger partial charge in [0.25, 0.3) is 0 Å². The van der Waals surface area contributed by atoms with Gasteiger partial charge in [0, 0.05) is 49.9 Å². The van der Waals surface area contributed by atoms with E-state index in [-0.39, 0.29) is 34.2 Å². The molecule has 334 valence electrons. The largest absolute Gasteiger partial charge is 0.455 e. The number of nitrogens with zero attached hydrogens (tertiary/aromatic N) is 1. The Balaban J connectivity index is 1.11. The molecule has 4 nitrogen and oxygen atoms in total. The Morgan fingerprint density at radius 2 is 0.829 bits per heavy atom. The minimum absolute atomic E-state index is 0.0948. The molecule has 0 aliphatic heterocycles. The number of benzene rings is 9. The summed E-state index contributed by atoms with van der Waals surface area (Å²) >= 11 is 0. The summed E-state index contributed by atoms with van der Waals surface area (Å²) in [5.74, 6) is -0.749. The number of fused-ring (bicyclic) bond motifs is 9. The zero-order valence-electron chi connectivity index (χ0n) is 39.9. The van der Waals surface area contributed by atoms with Crippen LogP contribution in [0.1, 0.15) is 153 Å². The fourth-order valence-corrected chi connectivity index (χ4v) is 14.0. The lowest BCUT2D eigenvalue weighted by molar-refractivity contribution is 0.0966. The number of ketones is 2. The van der Waals surface area contributed by atoms with Crippen LogP contribution in [0.2, 0.25) is 0 Å². The second-order valence-corrected chi connectivity index (χ2v) is 22.9. The summed E-state index contributed by atoms with van der Waals surface area (Å²) in [4.78, 5) is 31.0. The van der Waals surface area contributed by atoms with E-state index < -0.39 is 11.8 Å². The lowest BCUT2D eigenvalue weighted by Crippen LogP contribution is -2.19. The van der Waals surface area contributed by atoms with Crippen molar-refractivity contribution in [2.24, 2.45) is 0 Å². The third-order valence-corrected chi connectivity index (χ3v) is 17.2. The zero-order chi connectivity index (χ0) is 47.0. The quantitative estimate of drug-likeness (QED) is 0.113. The average molecular weight is 902 g/mol. The molecule has 9 aromatic carbocycles. The molecule has 0 atom stereocenters. The fourth-order valence-electron chi connectivity index (χ4n) is 14.0. The molecule has 6 aliphatic rings. The molecule has 4 heteroatoms. The smallest absolute Gasteiger partial charge is 0.175 e. The number of carbonyl (C=O) groups is 2. The molecule has 3 aromatic heterocycles. The molecule has 0 fully saturated rings. The molecule has 3 heterocycles. The predicted octanol–water partition coefficient (Wildman–Crippen LogP) is 16.1. The molecule has 0 spiro atoms. The first-order valence-electron chi connectivity index (χ1n) is 25.0. The molecular weight excluding hydrogens is 855 g/mol. The highest BCUT2D eigenvalue weighted by Gasteiger charge is 2.45. The number of rotatable bonds is 0. The SMILES string of the molecule is CC(C)(C)c1cc2cc(C(C)(C)C)cc3c4cc5c6cc7c(cc6n6c8cc9c(cc8c(c4oc(c1)c23)c56)C1c2ccccc2C(C9=O)c2ccccc21)C(=O)C1c2ccccc2C7c2ccccc21. The van der Waals surface area contributed by atoms with Gasteiger partial charge >= 0.3 is 0 Å². The molecule has 12 aromatic rings. The molecule has 0 saturated carbocycles. The van der Waals surface area contributed by atoms with Crippen LogP contribution in [0, 0.1) is 0 Å². The lowest BCUT2D eigenvalue weighted by atomic mass is 9.72. The van der Waals surface area contributed by atoms with Crippen LogP contribution in [0.15, 0.2) is 156 Å². The standard InChI is InChI=1S/C66H47NO3/c1-65(2,3)33-23-32-24-34(66(4,5)6)26-54-55(32)44(25-33)50-29-47-43-27-45-48(62(68)58-39-19-11-7-15-35(39)56(45)36-16-8-12-20-40(36)58)30-52(43)67-53-31-49-46(28-51(53)60(61(47)67)64(50)70-54)57-37-17-9-13-21-41(37)59(63(49)69)42-22-14-10-18-38(42)57/h7-31,56-59H,1-6H3. The molecule has 18 rings (SSSR count). The van der Waals surface area contributed by atoms with E-state index in [1.165, 1.54) is 44.2 Å². The van der Waals surface area contributed by atoms with Gasteiger partial charge in [-0.2, -0.15) is 0 Å². The van der Waals surface area contributed by atoms with Crippen molar-refractivity contribution in [1.29, 1.82) is 0 Å². The second kappa shape index (κ2) is 12.7. The Morgan fingerprint density at radius 1 is 0.400 bits per heavy atom. The number of hydrogen-bond donors (Lipinski definition) is 0. The summed E-state index contributed by atoms with van der Waals surface area (Å²) < 4.78 is 9.89. The van der Waals surface area contributed by atoms with Crippen molar-refractivity contribution in [3.8, 4) is 0 Å².